The molecule has 4 nitrogen and oxygen atoms in total. The minimum Gasteiger partial charge on any atom is -0.395 e. The third-order valence-corrected chi connectivity index (χ3v) is 4.81. The van der Waals surface area contributed by atoms with Crippen LogP contribution in [0.25, 0.3) is 0 Å². The molecule has 18 heavy (non-hydrogen) atoms. The van der Waals surface area contributed by atoms with Crippen LogP contribution in [0.4, 0.5) is 10.1 Å². The first-order valence-electron chi connectivity index (χ1n) is 5.95. The van der Waals surface area contributed by atoms with Crippen LogP contribution in [0.3, 0.4) is 0 Å². The molecular formula is C12H17FN2O2S. The van der Waals surface area contributed by atoms with Gasteiger partial charge in [0.2, 0.25) is 10.0 Å². The van der Waals surface area contributed by atoms with Gasteiger partial charge in [-0.15, -0.1) is 0 Å². The minimum atomic E-state index is -3.73. The van der Waals surface area contributed by atoms with E-state index in [4.69, 9.17) is 5.73 Å². The minimum absolute atomic E-state index is 0.189. The standard InChI is InChI=1S/C12H17FN2O2S/c1-8(9-5-6-9)7-15-18(16,17)11-4-2-3-10(13)12(11)14/h2-4,8-9,15H,5-7,14H2,1H3. The molecule has 1 aliphatic carbocycles. The summed E-state index contributed by atoms with van der Waals surface area (Å²) in [5, 5.41) is 0. The summed E-state index contributed by atoms with van der Waals surface area (Å²) in [5.41, 5.74) is 5.12. The van der Waals surface area contributed by atoms with Crippen LogP contribution in [0.2, 0.25) is 0 Å². The molecule has 1 atom stereocenters. The number of hydrogen-bond donors (Lipinski definition) is 2. The van der Waals surface area contributed by atoms with E-state index in [1.54, 1.807) is 0 Å². The largest absolute Gasteiger partial charge is 0.395 e. The Balaban J connectivity index is 2.12. The molecule has 0 aliphatic heterocycles. The third kappa shape index (κ3) is 2.81. The van der Waals surface area contributed by atoms with Crippen molar-refractivity contribution in [3.63, 3.8) is 0 Å². The van der Waals surface area contributed by atoms with Crippen LogP contribution in [0.5, 0.6) is 0 Å². The van der Waals surface area contributed by atoms with Gasteiger partial charge in [-0.3, -0.25) is 0 Å². The fraction of sp³-hybridized carbons (Fsp3) is 0.500. The average molecular weight is 272 g/mol. The molecule has 0 aromatic heterocycles. The van der Waals surface area contributed by atoms with Crippen LogP contribution in [0.15, 0.2) is 23.1 Å². The van der Waals surface area contributed by atoms with Crippen LogP contribution in [0.1, 0.15) is 19.8 Å². The number of sulfonamides is 1. The molecule has 1 fully saturated rings. The van der Waals surface area contributed by atoms with E-state index in [0.717, 1.165) is 18.9 Å². The van der Waals surface area contributed by atoms with E-state index in [2.05, 4.69) is 4.72 Å². The van der Waals surface area contributed by atoms with Crippen molar-refractivity contribution in [1.82, 2.24) is 4.72 Å². The molecule has 3 N–H and O–H groups in total. The number of nitrogens with two attached hydrogens (primary N) is 1. The second kappa shape index (κ2) is 4.85. The molecule has 0 radical (unpaired) electrons. The molecule has 0 heterocycles. The van der Waals surface area contributed by atoms with E-state index in [-0.39, 0.29) is 10.6 Å². The van der Waals surface area contributed by atoms with Crippen molar-refractivity contribution in [2.24, 2.45) is 11.8 Å². The zero-order valence-electron chi connectivity index (χ0n) is 10.2. The highest BCUT2D eigenvalue weighted by Crippen LogP contribution is 2.36. The van der Waals surface area contributed by atoms with E-state index in [0.29, 0.717) is 18.4 Å². The van der Waals surface area contributed by atoms with Gasteiger partial charge in [0.05, 0.1) is 5.69 Å². The van der Waals surface area contributed by atoms with Gasteiger partial charge in [0.1, 0.15) is 10.7 Å². The lowest BCUT2D eigenvalue weighted by Gasteiger charge is -2.13. The van der Waals surface area contributed by atoms with Crippen molar-refractivity contribution in [2.75, 3.05) is 12.3 Å². The van der Waals surface area contributed by atoms with Gasteiger partial charge in [0.25, 0.3) is 0 Å². The van der Waals surface area contributed by atoms with Gasteiger partial charge < -0.3 is 5.73 Å². The number of benzene rings is 1. The first-order chi connectivity index (χ1) is 8.42. The maximum absolute atomic E-state index is 13.2. The van der Waals surface area contributed by atoms with Gasteiger partial charge in [-0.1, -0.05) is 13.0 Å². The second-order valence-electron chi connectivity index (χ2n) is 4.82. The summed E-state index contributed by atoms with van der Waals surface area (Å²) in [5.74, 6) is 0.195. The molecule has 1 saturated carbocycles. The number of nitrogens with one attached hydrogen (secondary N) is 1. The molecule has 6 heteroatoms. The highest BCUT2D eigenvalue weighted by molar-refractivity contribution is 7.89. The molecule has 0 amide bonds. The number of rotatable bonds is 5. The van der Waals surface area contributed by atoms with Gasteiger partial charge in [-0.05, 0) is 36.8 Å². The monoisotopic (exact) mass is 272 g/mol. The topological polar surface area (TPSA) is 72.2 Å². The smallest absolute Gasteiger partial charge is 0.242 e. The zero-order valence-corrected chi connectivity index (χ0v) is 11.0. The third-order valence-electron chi connectivity index (χ3n) is 3.32. The Morgan fingerprint density at radius 3 is 2.78 bits per heavy atom. The Bertz CT molecular complexity index is 541. The number of nitrogen functional groups attached to an aromatic ring is 1. The van der Waals surface area contributed by atoms with Gasteiger partial charge in [0, 0.05) is 6.54 Å². The van der Waals surface area contributed by atoms with E-state index < -0.39 is 15.8 Å². The summed E-state index contributed by atoms with van der Waals surface area (Å²) in [6, 6.07) is 3.79. The van der Waals surface area contributed by atoms with E-state index >= 15 is 0 Å². The van der Waals surface area contributed by atoms with Crippen LogP contribution in [-0.2, 0) is 10.0 Å². The molecular weight excluding hydrogens is 255 g/mol. The Morgan fingerprint density at radius 1 is 1.50 bits per heavy atom. The first kappa shape index (κ1) is 13.3. The first-order valence-corrected chi connectivity index (χ1v) is 7.44. The fourth-order valence-corrected chi connectivity index (χ4v) is 3.18. The summed E-state index contributed by atoms with van der Waals surface area (Å²) in [7, 11) is -3.73. The predicted octanol–water partition coefficient (Wildman–Crippen LogP) is 1.73. The van der Waals surface area contributed by atoms with Crippen molar-refractivity contribution in [2.45, 2.75) is 24.7 Å². The highest BCUT2D eigenvalue weighted by Gasteiger charge is 2.29. The SMILES string of the molecule is CC(CNS(=O)(=O)c1cccc(F)c1N)C1CC1. The fourth-order valence-electron chi connectivity index (χ4n) is 1.90. The Labute approximate surface area is 106 Å². The summed E-state index contributed by atoms with van der Waals surface area (Å²) in [4.78, 5) is -0.189. The maximum Gasteiger partial charge on any atom is 0.242 e. The number of para-hydroxylation sites is 1. The summed E-state index contributed by atoms with van der Waals surface area (Å²) >= 11 is 0. The molecule has 2 rings (SSSR count). The molecule has 1 aromatic rings. The van der Waals surface area contributed by atoms with Crippen molar-refractivity contribution in [3.05, 3.63) is 24.0 Å². The quantitative estimate of drug-likeness (QED) is 0.802. The number of anilines is 1. The molecule has 0 spiro atoms. The van der Waals surface area contributed by atoms with Gasteiger partial charge >= 0.3 is 0 Å². The van der Waals surface area contributed by atoms with Crippen molar-refractivity contribution in [1.29, 1.82) is 0 Å². The molecule has 0 saturated heterocycles. The molecule has 1 aliphatic rings. The lowest BCUT2D eigenvalue weighted by atomic mass is 10.1. The van der Waals surface area contributed by atoms with Crippen molar-refractivity contribution < 1.29 is 12.8 Å². The lowest BCUT2D eigenvalue weighted by Crippen LogP contribution is -2.29. The van der Waals surface area contributed by atoms with Gasteiger partial charge in [0.15, 0.2) is 0 Å². The highest BCUT2D eigenvalue weighted by atomic mass is 32.2. The van der Waals surface area contributed by atoms with Gasteiger partial charge in [-0.2, -0.15) is 0 Å². The Kier molecular flexibility index (Phi) is 3.59. The van der Waals surface area contributed by atoms with Crippen LogP contribution in [0, 0.1) is 17.7 Å². The number of halogens is 1. The van der Waals surface area contributed by atoms with E-state index in [9.17, 15) is 12.8 Å². The van der Waals surface area contributed by atoms with Crippen LogP contribution >= 0.6 is 0 Å². The van der Waals surface area contributed by atoms with Crippen LogP contribution < -0.4 is 10.5 Å². The summed E-state index contributed by atoms with van der Waals surface area (Å²) in [6.07, 6.45) is 2.32. The average Bonchev–Trinajstić information content (AvgIpc) is 3.13. The van der Waals surface area contributed by atoms with Crippen molar-refractivity contribution in [3.8, 4) is 0 Å². The van der Waals surface area contributed by atoms with Gasteiger partial charge in [-0.25, -0.2) is 17.5 Å². The lowest BCUT2D eigenvalue weighted by molar-refractivity contribution is 0.491. The van der Waals surface area contributed by atoms with E-state index in [1.165, 1.54) is 12.1 Å². The molecule has 100 valence electrons. The second-order valence-corrected chi connectivity index (χ2v) is 6.55. The zero-order chi connectivity index (χ0) is 13.3. The molecule has 0 bridgehead atoms. The van der Waals surface area contributed by atoms with Crippen molar-refractivity contribution >= 4 is 15.7 Å². The molecule has 1 unspecified atom stereocenters. The Hall–Kier alpha value is -1.14. The van der Waals surface area contributed by atoms with E-state index in [1.807, 2.05) is 6.92 Å². The summed E-state index contributed by atoms with van der Waals surface area (Å²) in [6.45, 7) is 2.37. The normalized spacial score (nSPS) is 17.7. The summed E-state index contributed by atoms with van der Waals surface area (Å²) < 4.78 is 39.7. The number of hydrogen-bond acceptors (Lipinski definition) is 3. The maximum atomic E-state index is 13.2. The Morgan fingerprint density at radius 2 is 2.17 bits per heavy atom. The van der Waals surface area contributed by atoms with Crippen LogP contribution in [-0.4, -0.2) is 15.0 Å². The molecule has 1 aromatic carbocycles. The predicted molar refractivity (Wildman–Crippen MR) is 67.9 cm³/mol.